The Labute approximate surface area is 189 Å². The lowest BCUT2D eigenvalue weighted by Gasteiger charge is -2.28. The quantitative estimate of drug-likeness (QED) is 0.524. The number of esters is 1. The molecular weight excluding hydrogens is 463 g/mol. The summed E-state index contributed by atoms with van der Waals surface area (Å²) < 4.78 is 72.7. The number of benzene rings is 1. The van der Waals surface area contributed by atoms with Crippen LogP contribution in [0.5, 0.6) is 0 Å². The molecule has 0 aliphatic carbocycles. The number of sulfone groups is 1. The molecule has 33 heavy (non-hydrogen) atoms. The fraction of sp³-hybridized carbons (Fsp3) is 0.455. The number of alkyl halides is 3. The lowest BCUT2D eigenvalue weighted by molar-refractivity contribution is -0.137. The first-order valence-corrected chi connectivity index (χ1v) is 12.3. The van der Waals surface area contributed by atoms with E-state index in [0.717, 1.165) is 18.6 Å². The van der Waals surface area contributed by atoms with Crippen molar-refractivity contribution in [3.63, 3.8) is 0 Å². The van der Waals surface area contributed by atoms with Gasteiger partial charge in [-0.3, -0.25) is 4.79 Å². The molecule has 0 saturated carbocycles. The number of nitrogens with zero attached hydrogens (tertiary/aromatic N) is 1. The van der Waals surface area contributed by atoms with Gasteiger partial charge in [-0.2, -0.15) is 13.2 Å². The Kier molecular flexibility index (Phi) is 7.51. The summed E-state index contributed by atoms with van der Waals surface area (Å²) in [5, 5.41) is 0. The zero-order chi connectivity index (χ0) is 24.2. The minimum atomic E-state index is -4.52. The third kappa shape index (κ3) is 6.37. The van der Waals surface area contributed by atoms with E-state index in [2.05, 4.69) is 0 Å². The summed E-state index contributed by atoms with van der Waals surface area (Å²) in [5.74, 6) is -1.79. The number of unbranched alkanes of at least 4 members (excludes halogenated alkanes) is 1. The largest absolute Gasteiger partial charge is 0.450 e. The Morgan fingerprint density at radius 1 is 1.21 bits per heavy atom. The Bertz CT molecular complexity index is 1110. The molecule has 0 radical (unpaired) electrons. The summed E-state index contributed by atoms with van der Waals surface area (Å²) in [6, 6.07) is 6.60. The Hall–Kier alpha value is -2.82. The van der Waals surface area contributed by atoms with E-state index in [4.69, 9.17) is 9.15 Å². The predicted octanol–water partition coefficient (Wildman–Crippen LogP) is 3.94. The summed E-state index contributed by atoms with van der Waals surface area (Å²) in [5.41, 5.74) is -0.722. The molecule has 1 fully saturated rings. The summed E-state index contributed by atoms with van der Waals surface area (Å²) in [7, 11) is -3.20. The van der Waals surface area contributed by atoms with Gasteiger partial charge in [0.1, 0.15) is 5.76 Å². The summed E-state index contributed by atoms with van der Waals surface area (Å²) in [6.45, 7) is 1.69. The minimum Gasteiger partial charge on any atom is -0.450 e. The first-order chi connectivity index (χ1) is 15.5. The minimum absolute atomic E-state index is 0.0120. The fourth-order valence-electron chi connectivity index (χ4n) is 3.59. The van der Waals surface area contributed by atoms with E-state index in [0.29, 0.717) is 19.4 Å². The van der Waals surface area contributed by atoms with Crippen LogP contribution in [0.15, 0.2) is 40.8 Å². The normalized spacial score (nSPS) is 17.6. The molecule has 1 aromatic heterocycles. The smallest absolute Gasteiger partial charge is 0.416 e. The van der Waals surface area contributed by atoms with E-state index in [1.165, 1.54) is 29.2 Å². The van der Waals surface area contributed by atoms with Crippen LogP contribution in [0.4, 0.5) is 13.2 Å². The van der Waals surface area contributed by atoms with Crippen molar-refractivity contribution in [1.29, 1.82) is 0 Å². The molecular formula is C22H24F3NO6S. The molecule has 1 aliphatic rings. The second-order valence-corrected chi connectivity index (χ2v) is 10.0. The van der Waals surface area contributed by atoms with Crippen LogP contribution in [0.1, 0.15) is 42.3 Å². The molecule has 0 spiro atoms. The molecule has 180 valence electrons. The van der Waals surface area contributed by atoms with Crippen molar-refractivity contribution in [1.82, 2.24) is 4.90 Å². The number of furan rings is 1. The van der Waals surface area contributed by atoms with Crippen LogP contribution in [0.25, 0.3) is 11.3 Å². The van der Waals surface area contributed by atoms with Crippen LogP contribution in [-0.4, -0.2) is 55.9 Å². The van der Waals surface area contributed by atoms with Crippen LogP contribution in [0.2, 0.25) is 0 Å². The van der Waals surface area contributed by atoms with Gasteiger partial charge in [-0.05, 0) is 37.1 Å². The zero-order valence-corrected chi connectivity index (χ0v) is 18.7. The van der Waals surface area contributed by atoms with Gasteiger partial charge in [-0.1, -0.05) is 25.5 Å². The van der Waals surface area contributed by atoms with Gasteiger partial charge in [0.2, 0.25) is 5.76 Å². The van der Waals surface area contributed by atoms with Crippen molar-refractivity contribution in [2.45, 2.75) is 38.4 Å². The van der Waals surface area contributed by atoms with Crippen LogP contribution in [0.3, 0.4) is 0 Å². The van der Waals surface area contributed by atoms with Crippen molar-refractivity contribution in [3.05, 3.63) is 47.7 Å². The first kappa shape index (κ1) is 24.8. The maximum Gasteiger partial charge on any atom is 0.416 e. The van der Waals surface area contributed by atoms with Gasteiger partial charge < -0.3 is 14.1 Å². The predicted molar refractivity (Wildman–Crippen MR) is 113 cm³/mol. The van der Waals surface area contributed by atoms with E-state index in [-0.39, 0.29) is 28.6 Å². The Balaban J connectivity index is 1.64. The van der Waals surface area contributed by atoms with E-state index < -0.39 is 46.1 Å². The molecule has 1 aliphatic heterocycles. The molecule has 11 heteroatoms. The molecule has 2 aromatic rings. The highest BCUT2D eigenvalue weighted by atomic mass is 32.2. The molecule has 0 N–H and O–H groups in total. The van der Waals surface area contributed by atoms with Crippen molar-refractivity contribution < 1.29 is 40.3 Å². The fourth-order valence-corrected chi connectivity index (χ4v) is 5.32. The third-order valence-corrected chi connectivity index (χ3v) is 7.08. The molecule has 1 saturated heterocycles. The van der Waals surface area contributed by atoms with Gasteiger partial charge in [0.25, 0.3) is 5.91 Å². The summed E-state index contributed by atoms with van der Waals surface area (Å²) in [4.78, 5) is 26.4. The van der Waals surface area contributed by atoms with E-state index in [1.54, 1.807) is 0 Å². The molecule has 2 heterocycles. The summed E-state index contributed by atoms with van der Waals surface area (Å²) >= 11 is 0. The van der Waals surface area contributed by atoms with Crippen LogP contribution < -0.4 is 0 Å². The molecule has 1 atom stereocenters. The standard InChI is InChI=1S/C22H24F3NO6S/c1-2-3-10-26(17-9-11-33(29,30)14-17)20(27)13-31-21(28)19-8-7-18(32-19)15-5-4-6-16(12-15)22(23,24)25/h4-8,12,17H,2-3,9-11,13-14H2,1H3. The van der Waals surface area contributed by atoms with Crippen LogP contribution >= 0.6 is 0 Å². The average Bonchev–Trinajstić information content (AvgIpc) is 3.38. The first-order valence-electron chi connectivity index (χ1n) is 10.4. The van der Waals surface area contributed by atoms with E-state index in [1.807, 2.05) is 6.92 Å². The Morgan fingerprint density at radius 3 is 2.61 bits per heavy atom. The molecule has 3 rings (SSSR count). The number of carbonyl (C=O) groups excluding carboxylic acids is 2. The van der Waals surface area contributed by atoms with Crippen LogP contribution in [0, 0.1) is 0 Å². The highest BCUT2D eigenvalue weighted by Gasteiger charge is 2.35. The number of hydrogen-bond donors (Lipinski definition) is 0. The molecule has 7 nitrogen and oxygen atoms in total. The van der Waals surface area contributed by atoms with E-state index in [9.17, 15) is 31.2 Å². The van der Waals surface area contributed by atoms with Crippen molar-refractivity contribution in [2.75, 3.05) is 24.7 Å². The van der Waals surface area contributed by atoms with E-state index >= 15 is 0 Å². The van der Waals surface area contributed by atoms with Gasteiger partial charge in [-0.15, -0.1) is 0 Å². The van der Waals surface area contributed by atoms with Crippen molar-refractivity contribution in [3.8, 4) is 11.3 Å². The maximum atomic E-state index is 12.9. The van der Waals surface area contributed by atoms with Gasteiger partial charge in [0, 0.05) is 18.2 Å². The van der Waals surface area contributed by atoms with Gasteiger partial charge in [-0.25, -0.2) is 13.2 Å². The van der Waals surface area contributed by atoms with Crippen LogP contribution in [-0.2, 0) is 25.5 Å². The van der Waals surface area contributed by atoms with Gasteiger partial charge >= 0.3 is 12.1 Å². The maximum absolute atomic E-state index is 12.9. The zero-order valence-electron chi connectivity index (χ0n) is 17.9. The lowest BCUT2D eigenvalue weighted by Crippen LogP contribution is -2.43. The highest BCUT2D eigenvalue weighted by Crippen LogP contribution is 2.32. The number of carbonyl (C=O) groups is 2. The van der Waals surface area contributed by atoms with Crippen molar-refractivity contribution >= 4 is 21.7 Å². The average molecular weight is 487 g/mol. The van der Waals surface area contributed by atoms with Crippen molar-refractivity contribution in [2.24, 2.45) is 0 Å². The summed E-state index contributed by atoms with van der Waals surface area (Å²) in [6.07, 6.45) is -2.71. The number of ether oxygens (including phenoxy) is 1. The van der Waals surface area contributed by atoms with Gasteiger partial charge in [0.05, 0.1) is 17.1 Å². The highest BCUT2D eigenvalue weighted by molar-refractivity contribution is 7.91. The number of hydrogen-bond acceptors (Lipinski definition) is 6. The molecule has 0 bridgehead atoms. The molecule has 1 aromatic carbocycles. The molecule has 1 amide bonds. The topological polar surface area (TPSA) is 93.9 Å². The second-order valence-electron chi connectivity index (χ2n) is 7.82. The molecule has 1 unspecified atom stereocenters. The monoisotopic (exact) mass is 487 g/mol. The third-order valence-electron chi connectivity index (χ3n) is 5.33. The van der Waals surface area contributed by atoms with Gasteiger partial charge in [0.15, 0.2) is 16.4 Å². The number of amides is 1. The second kappa shape index (κ2) is 9.98. The number of rotatable bonds is 8. The lowest BCUT2D eigenvalue weighted by atomic mass is 10.1. The SMILES string of the molecule is CCCCN(C(=O)COC(=O)c1ccc(-c2cccc(C(F)(F)F)c2)o1)C1CCS(=O)(=O)C1. The number of halogens is 3. The Morgan fingerprint density at radius 2 is 1.97 bits per heavy atom.